The Kier molecular flexibility index (Phi) is 5.27. The SMILES string of the molecule is CCn1cc(NC(=O)c2ccn(C(F)F)n2)c(C(=O)OC(C)C)n1. The number of rotatable bonds is 6. The number of esters is 1. The highest BCUT2D eigenvalue weighted by molar-refractivity contribution is 6.06. The maximum Gasteiger partial charge on any atom is 0.361 e. The first kappa shape index (κ1) is 17.6. The van der Waals surface area contributed by atoms with Crippen molar-refractivity contribution < 1.29 is 23.1 Å². The molecule has 0 aliphatic heterocycles. The molecule has 2 rings (SSSR count). The fourth-order valence-corrected chi connectivity index (χ4v) is 1.85. The van der Waals surface area contributed by atoms with E-state index in [-0.39, 0.29) is 23.2 Å². The Morgan fingerprint density at radius 3 is 2.58 bits per heavy atom. The molecule has 0 aromatic carbocycles. The van der Waals surface area contributed by atoms with Gasteiger partial charge in [0.25, 0.3) is 5.91 Å². The van der Waals surface area contributed by atoms with Gasteiger partial charge in [0.05, 0.1) is 11.8 Å². The van der Waals surface area contributed by atoms with Crippen LogP contribution in [-0.2, 0) is 11.3 Å². The molecule has 0 fully saturated rings. The number of carbonyl (C=O) groups is 2. The lowest BCUT2D eigenvalue weighted by Crippen LogP contribution is -2.18. The van der Waals surface area contributed by atoms with E-state index in [0.29, 0.717) is 11.2 Å². The Balaban J connectivity index is 2.22. The third-order valence-corrected chi connectivity index (χ3v) is 2.91. The molecule has 2 aromatic rings. The highest BCUT2D eigenvalue weighted by Gasteiger charge is 2.22. The van der Waals surface area contributed by atoms with Gasteiger partial charge in [-0.2, -0.15) is 19.0 Å². The molecule has 0 bridgehead atoms. The maximum atomic E-state index is 12.5. The van der Waals surface area contributed by atoms with E-state index in [2.05, 4.69) is 15.5 Å². The van der Waals surface area contributed by atoms with Crippen LogP contribution < -0.4 is 5.32 Å². The smallest absolute Gasteiger partial charge is 0.361 e. The van der Waals surface area contributed by atoms with Gasteiger partial charge in [0.15, 0.2) is 11.4 Å². The number of halogens is 2. The highest BCUT2D eigenvalue weighted by atomic mass is 19.3. The van der Waals surface area contributed by atoms with Gasteiger partial charge in [-0.15, -0.1) is 0 Å². The minimum atomic E-state index is -2.84. The number of ether oxygens (including phenoxy) is 1. The Labute approximate surface area is 136 Å². The molecule has 0 atom stereocenters. The van der Waals surface area contributed by atoms with Crippen LogP contribution in [0.1, 0.15) is 48.3 Å². The minimum Gasteiger partial charge on any atom is -0.458 e. The molecule has 0 saturated heterocycles. The molecule has 0 aliphatic carbocycles. The van der Waals surface area contributed by atoms with Crippen molar-refractivity contribution in [2.75, 3.05) is 5.32 Å². The molecule has 0 spiro atoms. The van der Waals surface area contributed by atoms with E-state index in [4.69, 9.17) is 4.74 Å². The maximum absolute atomic E-state index is 12.5. The molecule has 0 aliphatic rings. The van der Waals surface area contributed by atoms with Gasteiger partial charge in [0.2, 0.25) is 0 Å². The van der Waals surface area contributed by atoms with Crippen molar-refractivity contribution in [3.63, 3.8) is 0 Å². The molecule has 1 amide bonds. The zero-order chi connectivity index (χ0) is 17.9. The number of alkyl halides is 2. The Hall–Kier alpha value is -2.78. The average Bonchev–Trinajstić information content (AvgIpc) is 3.13. The summed E-state index contributed by atoms with van der Waals surface area (Å²) in [5, 5.41) is 9.95. The molecule has 0 radical (unpaired) electrons. The van der Waals surface area contributed by atoms with Crippen molar-refractivity contribution >= 4 is 17.6 Å². The van der Waals surface area contributed by atoms with Gasteiger partial charge in [-0.3, -0.25) is 9.48 Å². The van der Waals surface area contributed by atoms with E-state index >= 15 is 0 Å². The number of carbonyl (C=O) groups excluding carboxylic acids is 2. The van der Waals surface area contributed by atoms with Gasteiger partial charge in [-0.25, -0.2) is 9.48 Å². The summed E-state index contributed by atoms with van der Waals surface area (Å²) >= 11 is 0. The van der Waals surface area contributed by atoms with Gasteiger partial charge >= 0.3 is 12.5 Å². The summed E-state index contributed by atoms with van der Waals surface area (Å²) in [6.07, 6.45) is 2.09. The first-order chi connectivity index (χ1) is 11.3. The lowest BCUT2D eigenvalue weighted by molar-refractivity contribution is 0.0371. The Bertz CT molecular complexity index is 739. The molecule has 1 N–H and O–H groups in total. The Morgan fingerprint density at radius 2 is 2.04 bits per heavy atom. The zero-order valence-electron chi connectivity index (χ0n) is 13.4. The van der Waals surface area contributed by atoms with Crippen molar-refractivity contribution in [2.45, 2.75) is 40.0 Å². The highest BCUT2D eigenvalue weighted by Crippen LogP contribution is 2.17. The van der Waals surface area contributed by atoms with Gasteiger partial charge in [0, 0.05) is 18.9 Å². The second-order valence-corrected chi connectivity index (χ2v) is 5.11. The number of nitrogens with zero attached hydrogens (tertiary/aromatic N) is 4. The van der Waals surface area contributed by atoms with E-state index in [1.165, 1.54) is 10.9 Å². The van der Waals surface area contributed by atoms with Crippen LogP contribution in [-0.4, -0.2) is 37.5 Å². The number of hydrogen-bond acceptors (Lipinski definition) is 5. The number of aromatic nitrogens is 4. The van der Waals surface area contributed by atoms with Gasteiger partial charge in [-0.1, -0.05) is 0 Å². The fourth-order valence-electron chi connectivity index (χ4n) is 1.85. The van der Waals surface area contributed by atoms with E-state index < -0.39 is 18.4 Å². The first-order valence-electron chi connectivity index (χ1n) is 7.25. The van der Waals surface area contributed by atoms with Crippen molar-refractivity contribution in [1.29, 1.82) is 0 Å². The van der Waals surface area contributed by atoms with E-state index in [1.54, 1.807) is 20.8 Å². The third kappa shape index (κ3) is 3.94. The van der Waals surface area contributed by atoms with E-state index in [0.717, 1.165) is 12.3 Å². The lowest BCUT2D eigenvalue weighted by atomic mass is 10.3. The normalized spacial score (nSPS) is 11.1. The second kappa shape index (κ2) is 7.20. The van der Waals surface area contributed by atoms with Crippen LogP contribution >= 0.6 is 0 Å². The van der Waals surface area contributed by atoms with Crippen LogP contribution in [0.5, 0.6) is 0 Å². The molecule has 24 heavy (non-hydrogen) atoms. The van der Waals surface area contributed by atoms with E-state index in [9.17, 15) is 18.4 Å². The van der Waals surface area contributed by atoms with Crippen LogP contribution in [0.4, 0.5) is 14.5 Å². The van der Waals surface area contributed by atoms with Crippen LogP contribution in [0.2, 0.25) is 0 Å². The summed E-state index contributed by atoms with van der Waals surface area (Å²) in [5.74, 6) is -1.42. The average molecular weight is 341 g/mol. The van der Waals surface area contributed by atoms with Crippen LogP contribution in [0.3, 0.4) is 0 Å². The molecular formula is C14H17F2N5O3. The summed E-state index contributed by atoms with van der Waals surface area (Å²) in [6.45, 7) is 2.80. The second-order valence-electron chi connectivity index (χ2n) is 5.11. The van der Waals surface area contributed by atoms with Crippen LogP contribution in [0.15, 0.2) is 18.5 Å². The summed E-state index contributed by atoms with van der Waals surface area (Å²) in [4.78, 5) is 24.2. The summed E-state index contributed by atoms with van der Waals surface area (Å²) < 4.78 is 31.9. The molecule has 130 valence electrons. The number of nitrogens with one attached hydrogen (secondary N) is 1. The number of hydrogen-bond donors (Lipinski definition) is 1. The number of amides is 1. The molecule has 10 heteroatoms. The molecule has 0 unspecified atom stereocenters. The zero-order valence-corrected chi connectivity index (χ0v) is 13.4. The number of anilines is 1. The number of aryl methyl sites for hydroxylation is 1. The molecule has 2 heterocycles. The molecule has 2 aromatic heterocycles. The quantitative estimate of drug-likeness (QED) is 0.814. The standard InChI is InChI=1S/C14H17F2N5O3/c1-4-20-7-10(11(19-20)13(23)24-8(2)3)17-12(22)9-5-6-21(18-9)14(15)16/h5-8,14H,4H2,1-3H3,(H,17,22). The third-order valence-electron chi connectivity index (χ3n) is 2.91. The fraction of sp³-hybridized carbons (Fsp3) is 0.429. The topological polar surface area (TPSA) is 91.0 Å². The van der Waals surface area contributed by atoms with E-state index in [1.807, 2.05) is 0 Å². The van der Waals surface area contributed by atoms with Gasteiger partial charge in [0.1, 0.15) is 0 Å². The predicted molar refractivity (Wildman–Crippen MR) is 79.9 cm³/mol. The predicted octanol–water partition coefficient (Wildman–Crippen LogP) is 2.31. The molecular weight excluding hydrogens is 324 g/mol. The molecule has 0 saturated carbocycles. The van der Waals surface area contributed by atoms with Crippen LogP contribution in [0, 0.1) is 0 Å². The van der Waals surface area contributed by atoms with Crippen molar-refractivity contribution in [3.05, 3.63) is 29.8 Å². The summed E-state index contributed by atoms with van der Waals surface area (Å²) in [7, 11) is 0. The largest absolute Gasteiger partial charge is 0.458 e. The first-order valence-corrected chi connectivity index (χ1v) is 7.25. The Morgan fingerprint density at radius 1 is 1.33 bits per heavy atom. The van der Waals surface area contributed by atoms with Gasteiger partial charge in [-0.05, 0) is 26.8 Å². The van der Waals surface area contributed by atoms with Crippen molar-refractivity contribution in [2.24, 2.45) is 0 Å². The van der Waals surface area contributed by atoms with Crippen molar-refractivity contribution in [1.82, 2.24) is 19.6 Å². The van der Waals surface area contributed by atoms with Gasteiger partial charge < -0.3 is 10.1 Å². The summed E-state index contributed by atoms with van der Waals surface area (Å²) in [6, 6.07) is 1.15. The minimum absolute atomic E-state index is 0.0628. The lowest BCUT2D eigenvalue weighted by Gasteiger charge is -2.07. The van der Waals surface area contributed by atoms with Crippen molar-refractivity contribution in [3.8, 4) is 0 Å². The molecule has 8 nitrogen and oxygen atoms in total. The van der Waals surface area contributed by atoms with Crippen LogP contribution in [0.25, 0.3) is 0 Å². The monoisotopic (exact) mass is 341 g/mol. The summed E-state index contributed by atoms with van der Waals surface area (Å²) in [5.41, 5.74) is -0.144.